The molecule has 4 unspecified atom stereocenters. The highest BCUT2D eigenvalue weighted by molar-refractivity contribution is 7.89. The first-order valence-corrected chi connectivity index (χ1v) is 16.8. The standard InChI is InChI=1S/C31H39N7O4S/c1-31(2,3)20-43(39,40)38-23-10-24(38)16-36(15-23)29-7-4-21(13-33-29)28-11-27(19-37-30(28)22(12-32)14-34-37)41-9-8-35-17-25-5-6-26(18-35)42-25/h4,7,11,13-14,19,23-26H,5-6,8-10,15-18,20H2,1-3H3. The Bertz CT molecular complexity index is 1640. The summed E-state index contributed by atoms with van der Waals surface area (Å²) in [5.74, 6) is 1.66. The molecule has 0 radical (unpaired) electrons. The van der Waals surface area contributed by atoms with Crippen molar-refractivity contribution in [2.45, 2.75) is 64.3 Å². The highest BCUT2D eigenvalue weighted by Crippen LogP contribution is 2.39. The molecule has 4 atom stereocenters. The first-order chi connectivity index (χ1) is 20.6. The van der Waals surface area contributed by atoms with Crippen molar-refractivity contribution in [2.75, 3.05) is 50.0 Å². The highest BCUT2D eigenvalue weighted by Gasteiger charge is 2.51. The van der Waals surface area contributed by atoms with Crippen LogP contribution < -0.4 is 9.64 Å². The average molecular weight is 606 g/mol. The van der Waals surface area contributed by atoms with E-state index < -0.39 is 10.0 Å². The molecule has 0 spiro atoms. The van der Waals surface area contributed by atoms with Gasteiger partial charge in [0.2, 0.25) is 10.0 Å². The van der Waals surface area contributed by atoms with Crippen molar-refractivity contribution in [1.82, 2.24) is 23.8 Å². The van der Waals surface area contributed by atoms with E-state index in [2.05, 4.69) is 21.0 Å². The van der Waals surface area contributed by atoms with Gasteiger partial charge in [-0.1, -0.05) is 20.8 Å². The van der Waals surface area contributed by atoms with Crippen molar-refractivity contribution < 1.29 is 17.9 Å². The molecule has 11 nitrogen and oxygen atoms in total. The lowest BCUT2D eigenvalue weighted by Crippen LogP contribution is -2.70. The second kappa shape index (κ2) is 10.7. The summed E-state index contributed by atoms with van der Waals surface area (Å²) in [5, 5.41) is 14.2. The Morgan fingerprint density at radius 3 is 2.49 bits per heavy atom. The third-order valence-corrected chi connectivity index (χ3v) is 11.4. The fraction of sp³-hybridized carbons (Fsp3) is 0.581. The molecule has 8 heterocycles. The van der Waals surface area contributed by atoms with Crippen LogP contribution in [-0.2, 0) is 14.8 Å². The van der Waals surface area contributed by atoms with Gasteiger partial charge in [0, 0.05) is 62.1 Å². The Balaban J connectivity index is 1.06. The Kier molecular flexibility index (Phi) is 7.12. The smallest absolute Gasteiger partial charge is 0.215 e. The number of hydrogen-bond donors (Lipinski definition) is 0. The van der Waals surface area contributed by atoms with Crippen LogP contribution in [0.1, 0.15) is 45.6 Å². The van der Waals surface area contributed by atoms with Gasteiger partial charge in [0.1, 0.15) is 24.2 Å². The average Bonchev–Trinajstić information content (AvgIpc) is 3.52. The molecule has 0 saturated carbocycles. The van der Waals surface area contributed by atoms with E-state index in [1.807, 2.05) is 51.4 Å². The lowest BCUT2D eigenvalue weighted by atomic mass is 9.91. The monoisotopic (exact) mass is 605 g/mol. The largest absolute Gasteiger partial charge is 0.491 e. The van der Waals surface area contributed by atoms with Crippen molar-refractivity contribution in [1.29, 1.82) is 5.26 Å². The molecule has 3 aromatic heterocycles. The molecule has 5 saturated heterocycles. The molecule has 43 heavy (non-hydrogen) atoms. The molecule has 228 valence electrons. The Labute approximate surface area is 253 Å². The number of nitriles is 1. The van der Waals surface area contributed by atoms with E-state index in [0.717, 1.165) is 55.8 Å². The maximum Gasteiger partial charge on any atom is 0.215 e. The van der Waals surface area contributed by atoms with Crippen LogP contribution in [0.25, 0.3) is 16.6 Å². The zero-order valence-corrected chi connectivity index (χ0v) is 25.8. The van der Waals surface area contributed by atoms with E-state index in [-0.39, 0.29) is 23.3 Å². The van der Waals surface area contributed by atoms with Crippen molar-refractivity contribution in [3.63, 3.8) is 0 Å². The molecule has 8 rings (SSSR count). The number of nitrogens with zero attached hydrogens (tertiary/aromatic N) is 7. The van der Waals surface area contributed by atoms with E-state index in [9.17, 15) is 13.7 Å². The van der Waals surface area contributed by atoms with Crippen molar-refractivity contribution in [2.24, 2.45) is 5.41 Å². The number of aromatic nitrogens is 3. The third-order valence-electron chi connectivity index (χ3n) is 8.95. The van der Waals surface area contributed by atoms with Gasteiger partial charge in [-0.25, -0.2) is 17.9 Å². The second-order valence-electron chi connectivity index (χ2n) is 13.6. The summed E-state index contributed by atoms with van der Waals surface area (Å²) in [6.07, 6.45) is 9.10. The number of morpholine rings is 1. The summed E-state index contributed by atoms with van der Waals surface area (Å²) >= 11 is 0. The summed E-state index contributed by atoms with van der Waals surface area (Å²) in [6, 6.07) is 8.18. The summed E-state index contributed by atoms with van der Waals surface area (Å²) in [6.45, 7) is 10.4. The van der Waals surface area contributed by atoms with E-state index >= 15 is 0 Å². The van der Waals surface area contributed by atoms with Crippen molar-refractivity contribution in [3.05, 3.63) is 42.4 Å². The van der Waals surface area contributed by atoms with Crippen molar-refractivity contribution >= 4 is 21.4 Å². The SMILES string of the molecule is CC(C)(C)CS(=O)(=O)N1C2CC1CN(c1ccc(-c3cc(OCCN4CC5CCC(C4)O5)cn4ncc(C#N)c34)cn1)C2. The lowest BCUT2D eigenvalue weighted by Gasteiger charge is -2.55. The van der Waals surface area contributed by atoms with Gasteiger partial charge >= 0.3 is 0 Å². The number of piperidine rings is 1. The fourth-order valence-electron chi connectivity index (χ4n) is 7.22. The zero-order valence-electron chi connectivity index (χ0n) is 25.0. The summed E-state index contributed by atoms with van der Waals surface area (Å²) < 4.78 is 41.7. The van der Waals surface area contributed by atoms with Crippen LogP contribution >= 0.6 is 0 Å². The first-order valence-electron chi connectivity index (χ1n) is 15.2. The van der Waals surface area contributed by atoms with E-state index in [0.29, 0.717) is 48.7 Å². The van der Waals surface area contributed by atoms with Crippen LogP contribution in [0.5, 0.6) is 5.75 Å². The molecular formula is C31H39N7O4S. The predicted molar refractivity (Wildman–Crippen MR) is 162 cm³/mol. The van der Waals surface area contributed by atoms with Gasteiger partial charge in [0.25, 0.3) is 0 Å². The topological polar surface area (TPSA) is 116 Å². The minimum Gasteiger partial charge on any atom is -0.491 e. The number of piperazine rings is 1. The number of hydrogen-bond acceptors (Lipinski definition) is 9. The van der Waals surface area contributed by atoms with Gasteiger partial charge < -0.3 is 14.4 Å². The van der Waals surface area contributed by atoms with Crippen LogP contribution in [0.15, 0.2) is 36.8 Å². The number of sulfonamides is 1. The molecule has 5 fully saturated rings. The summed E-state index contributed by atoms with van der Waals surface area (Å²) in [5.41, 5.74) is 2.61. The number of ether oxygens (including phenoxy) is 2. The minimum atomic E-state index is -3.30. The van der Waals surface area contributed by atoms with E-state index in [1.54, 1.807) is 15.0 Å². The van der Waals surface area contributed by atoms with Gasteiger partial charge in [-0.2, -0.15) is 14.7 Å². The molecule has 0 N–H and O–H groups in total. The van der Waals surface area contributed by atoms with Gasteiger partial charge in [-0.3, -0.25) is 4.90 Å². The minimum absolute atomic E-state index is 0.0152. The normalized spacial score (nSPS) is 26.0. The Morgan fingerprint density at radius 1 is 1.09 bits per heavy atom. The van der Waals surface area contributed by atoms with Crippen LogP contribution in [0.3, 0.4) is 0 Å². The third kappa shape index (κ3) is 5.59. The number of rotatable bonds is 8. The van der Waals surface area contributed by atoms with Gasteiger partial charge in [0.05, 0.1) is 41.4 Å². The van der Waals surface area contributed by atoms with Gasteiger partial charge in [-0.15, -0.1) is 0 Å². The Hall–Kier alpha value is -3.24. The molecule has 0 amide bonds. The Morgan fingerprint density at radius 2 is 1.84 bits per heavy atom. The highest BCUT2D eigenvalue weighted by atomic mass is 32.2. The fourth-order valence-corrected chi connectivity index (χ4v) is 9.68. The zero-order chi connectivity index (χ0) is 29.9. The molecule has 5 aliphatic heterocycles. The molecular weight excluding hydrogens is 566 g/mol. The van der Waals surface area contributed by atoms with E-state index in [4.69, 9.17) is 14.5 Å². The van der Waals surface area contributed by atoms with Crippen LogP contribution in [-0.4, -0.2) is 102 Å². The van der Waals surface area contributed by atoms with Gasteiger partial charge in [-0.05, 0) is 42.9 Å². The summed E-state index contributed by atoms with van der Waals surface area (Å²) in [4.78, 5) is 9.38. The molecule has 12 heteroatoms. The molecule has 5 aliphatic rings. The molecule has 0 aliphatic carbocycles. The van der Waals surface area contributed by atoms with Crippen molar-refractivity contribution in [3.8, 4) is 22.9 Å². The quantitative estimate of drug-likeness (QED) is 0.382. The number of pyridine rings is 2. The summed E-state index contributed by atoms with van der Waals surface area (Å²) in [7, 11) is -3.30. The maximum absolute atomic E-state index is 13.1. The number of anilines is 1. The first kappa shape index (κ1) is 28.5. The van der Waals surface area contributed by atoms with Crippen LogP contribution in [0.4, 0.5) is 5.82 Å². The predicted octanol–water partition coefficient (Wildman–Crippen LogP) is 3.15. The van der Waals surface area contributed by atoms with Crippen LogP contribution in [0.2, 0.25) is 0 Å². The lowest BCUT2D eigenvalue weighted by molar-refractivity contribution is -0.0409. The van der Waals surface area contributed by atoms with E-state index in [1.165, 1.54) is 0 Å². The number of fused-ring (bicyclic) bond motifs is 5. The molecule has 3 aromatic rings. The maximum atomic E-state index is 13.1. The molecule has 4 bridgehead atoms. The second-order valence-corrected chi connectivity index (χ2v) is 15.5. The number of likely N-dealkylation sites (tertiary alicyclic amines) is 1. The van der Waals surface area contributed by atoms with Gasteiger partial charge in [0.15, 0.2) is 0 Å². The van der Waals surface area contributed by atoms with Crippen LogP contribution in [0, 0.1) is 16.7 Å². The molecule has 0 aromatic carbocycles.